The summed E-state index contributed by atoms with van der Waals surface area (Å²) in [6.07, 6.45) is 12.7. The predicted octanol–water partition coefficient (Wildman–Crippen LogP) is 3.11. The zero-order valence-corrected chi connectivity index (χ0v) is 9.28. The lowest BCUT2D eigenvalue weighted by Crippen LogP contribution is -2.39. The van der Waals surface area contributed by atoms with Gasteiger partial charge in [-0.15, -0.1) is 0 Å². The fourth-order valence-corrected chi connectivity index (χ4v) is 3.33. The smallest absolute Gasteiger partial charge is 0.0108 e. The number of hydrogen-bond acceptors (Lipinski definition) is 1. The van der Waals surface area contributed by atoms with Crippen LogP contribution in [0.1, 0.15) is 45.4 Å². The Balaban J connectivity index is 2.01. The monoisotopic (exact) mass is 193 g/mol. The van der Waals surface area contributed by atoms with Gasteiger partial charge in [-0.05, 0) is 37.0 Å². The van der Waals surface area contributed by atoms with Gasteiger partial charge >= 0.3 is 0 Å². The Kier molecular flexibility index (Phi) is 3.27. The van der Waals surface area contributed by atoms with Crippen molar-refractivity contribution < 1.29 is 0 Å². The van der Waals surface area contributed by atoms with Gasteiger partial charge in [-0.3, -0.25) is 0 Å². The van der Waals surface area contributed by atoms with E-state index in [9.17, 15) is 0 Å². The zero-order valence-electron chi connectivity index (χ0n) is 9.28. The lowest BCUT2D eigenvalue weighted by molar-refractivity contribution is 0.149. The molecule has 0 aliphatic heterocycles. The molecule has 2 aliphatic carbocycles. The third-order valence-corrected chi connectivity index (χ3v) is 4.26. The maximum Gasteiger partial charge on any atom is 0.0108 e. The molecule has 0 aromatic heterocycles. The highest BCUT2D eigenvalue weighted by molar-refractivity contribution is 4.99. The van der Waals surface area contributed by atoms with E-state index in [2.05, 4.69) is 19.1 Å². The average Bonchev–Trinajstić information content (AvgIpc) is 2.20. The van der Waals surface area contributed by atoms with Gasteiger partial charge in [0.15, 0.2) is 0 Å². The minimum Gasteiger partial charge on any atom is -0.327 e. The van der Waals surface area contributed by atoms with E-state index in [1.54, 1.807) is 0 Å². The molecule has 0 amide bonds. The first-order valence-electron chi connectivity index (χ1n) is 6.19. The van der Waals surface area contributed by atoms with Crippen molar-refractivity contribution in [3.05, 3.63) is 12.2 Å². The number of nitrogens with two attached hydrogens (primary N) is 1. The molecule has 1 nitrogen and oxygen atoms in total. The van der Waals surface area contributed by atoms with Crippen LogP contribution in [0, 0.1) is 17.8 Å². The van der Waals surface area contributed by atoms with Gasteiger partial charge in [0.25, 0.3) is 0 Å². The molecule has 0 heterocycles. The van der Waals surface area contributed by atoms with E-state index in [4.69, 9.17) is 5.73 Å². The number of rotatable bonds is 1. The molecule has 1 saturated carbocycles. The highest BCUT2D eigenvalue weighted by Crippen LogP contribution is 2.39. The van der Waals surface area contributed by atoms with Crippen molar-refractivity contribution >= 4 is 0 Å². The minimum absolute atomic E-state index is 0.436. The van der Waals surface area contributed by atoms with Gasteiger partial charge in [-0.1, -0.05) is 38.3 Å². The lowest BCUT2D eigenvalue weighted by Gasteiger charge is -2.39. The summed E-state index contributed by atoms with van der Waals surface area (Å²) in [5.41, 5.74) is 6.22. The van der Waals surface area contributed by atoms with Gasteiger partial charge in [0, 0.05) is 6.04 Å². The summed E-state index contributed by atoms with van der Waals surface area (Å²) in [6.45, 7) is 2.43. The van der Waals surface area contributed by atoms with E-state index in [0.717, 1.165) is 24.2 Å². The molecular formula is C13H23N. The van der Waals surface area contributed by atoms with Crippen LogP contribution in [0.25, 0.3) is 0 Å². The van der Waals surface area contributed by atoms with Crippen molar-refractivity contribution in [3.8, 4) is 0 Å². The van der Waals surface area contributed by atoms with E-state index in [-0.39, 0.29) is 0 Å². The second-order valence-electron chi connectivity index (χ2n) is 5.20. The molecule has 0 radical (unpaired) electrons. The van der Waals surface area contributed by atoms with Crippen molar-refractivity contribution in [3.63, 3.8) is 0 Å². The highest BCUT2D eigenvalue weighted by atomic mass is 14.7. The van der Waals surface area contributed by atoms with Gasteiger partial charge < -0.3 is 5.73 Å². The van der Waals surface area contributed by atoms with Crippen LogP contribution in [0.5, 0.6) is 0 Å². The zero-order chi connectivity index (χ0) is 9.97. The summed E-state index contributed by atoms with van der Waals surface area (Å²) in [7, 11) is 0. The molecule has 1 fully saturated rings. The molecule has 2 rings (SSSR count). The molecule has 2 N–H and O–H groups in total. The molecule has 2 aliphatic rings. The Morgan fingerprint density at radius 2 is 1.71 bits per heavy atom. The van der Waals surface area contributed by atoms with Crippen LogP contribution >= 0.6 is 0 Å². The van der Waals surface area contributed by atoms with Crippen LogP contribution in [0.15, 0.2) is 12.2 Å². The summed E-state index contributed by atoms with van der Waals surface area (Å²) in [5.74, 6) is 2.59. The Labute approximate surface area is 87.8 Å². The SMILES string of the molecule is CC1CCCCC1C1CC=CCC1N. The van der Waals surface area contributed by atoms with E-state index < -0.39 is 0 Å². The third kappa shape index (κ3) is 2.03. The summed E-state index contributed by atoms with van der Waals surface area (Å²) in [4.78, 5) is 0. The van der Waals surface area contributed by atoms with Crippen LogP contribution in [0.2, 0.25) is 0 Å². The summed E-state index contributed by atoms with van der Waals surface area (Å²) in [5, 5.41) is 0. The van der Waals surface area contributed by atoms with Gasteiger partial charge in [0.2, 0.25) is 0 Å². The molecule has 0 aromatic carbocycles. The average molecular weight is 193 g/mol. The van der Waals surface area contributed by atoms with Gasteiger partial charge in [0.05, 0.1) is 0 Å². The van der Waals surface area contributed by atoms with Crippen molar-refractivity contribution in [1.29, 1.82) is 0 Å². The molecule has 0 bridgehead atoms. The topological polar surface area (TPSA) is 26.0 Å². The molecule has 80 valence electrons. The maximum absolute atomic E-state index is 6.22. The molecule has 0 aromatic rings. The van der Waals surface area contributed by atoms with E-state index in [0.29, 0.717) is 6.04 Å². The number of allylic oxidation sites excluding steroid dienone is 1. The van der Waals surface area contributed by atoms with E-state index in [1.807, 2.05) is 0 Å². The maximum atomic E-state index is 6.22. The first kappa shape index (κ1) is 10.2. The van der Waals surface area contributed by atoms with Crippen LogP contribution in [-0.2, 0) is 0 Å². The molecule has 0 saturated heterocycles. The van der Waals surface area contributed by atoms with Crippen LogP contribution in [-0.4, -0.2) is 6.04 Å². The second-order valence-corrected chi connectivity index (χ2v) is 5.20. The summed E-state index contributed by atoms with van der Waals surface area (Å²) < 4.78 is 0. The Bertz CT molecular complexity index is 209. The van der Waals surface area contributed by atoms with Gasteiger partial charge in [0.1, 0.15) is 0 Å². The third-order valence-electron chi connectivity index (χ3n) is 4.26. The molecule has 14 heavy (non-hydrogen) atoms. The van der Waals surface area contributed by atoms with Gasteiger partial charge in [-0.2, -0.15) is 0 Å². The van der Waals surface area contributed by atoms with Gasteiger partial charge in [-0.25, -0.2) is 0 Å². The normalized spacial score (nSPS) is 43.9. The molecule has 4 atom stereocenters. The highest BCUT2D eigenvalue weighted by Gasteiger charge is 2.32. The first-order chi connectivity index (χ1) is 6.79. The van der Waals surface area contributed by atoms with E-state index in [1.165, 1.54) is 32.1 Å². The lowest BCUT2D eigenvalue weighted by atomic mass is 9.68. The second kappa shape index (κ2) is 4.48. The standard InChI is InChI=1S/C13H23N/c1-10-6-2-3-7-11(10)12-8-4-5-9-13(12)14/h4-5,10-13H,2-3,6-9,14H2,1H3. The molecule has 0 spiro atoms. The van der Waals surface area contributed by atoms with Crippen molar-refractivity contribution in [2.24, 2.45) is 23.5 Å². The fraction of sp³-hybridized carbons (Fsp3) is 0.846. The minimum atomic E-state index is 0.436. The molecule has 4 unspecified atom stereocenters. The Hall–Kier alpha value is -0.300. The van der Waals surface area contributed by atoms with Crippen LogP contribution in [0.3, 0.4) is 0 Å². The van der Waals surface area contributed by atoms with Crippen LogP contribution in [0.4, 0.5) is 0 Å². The first-order valence-corrected chi connectivity index (χ1v) is 6.19. The van der Waals surface area contributed by atoms with Crippen molar-refractivity contribution in [2.75, 3.05) is 0 Å². The van der Waals surface area contributed by atoms with Crippen molar-refractivity contribution in [1.82, 2.24) is 0 Å². The number of hydrogen-bond donors (Lipinski definition) is 1. The van der Waals surface area contributed by atoms with Crippen molar-refractivity contribution in [2.45, 2.75) is 51.5 Å². The molecular weight excluding hydrogens is 170 g/mol. The van der Waals surface area contributed by atoms with E-state index >= 15 is 0 Å². The Morgan fingerprint density at radius 1 is 1.00 bits per heavy atom. The summed E-state index contributed by atoms with van der Waals surface area (Å²) >= 11 is 0. The largest absolute Gasteiger partial charge is 0.327 e. The summed E-state index contributed by atoms with van der Waals surface area (Å²) in [6, 6.07) is 0.436. The Morgan fingerprint density at radius 3 is 2.43 bits per heavy atom. The predicted molar refractivity (Wildman–Crippen MR) is 61.0 cm³/mol. The quantitative estimate of drug-likeness (QED) is 0.636. The van der Waals surface area contributed by atoms with Crippen LogP contribution < -0.4 is 5.73 Å². The fourth-order valence-electron chi connectivity index (χ4n) is 3.33. The molecule has 1 heteroatoms.